The number of benzene rings is 1. The van der Waals surface area contributed by atoms with Gasteiger partial charge in [-0.3, -0.25) is 29.0 Å². The van der Waals surface area contributed by atoms with Crippen molar-refractivity contribution >= 4 is 41.6 Å². The maximum absolute atomic E-state index is 13.4. The maximum Gasteiger partial charge on any atom is 0.251 e. The van der Waals surface area contributed by atoms with E-state index in [9.17, 15) is 24.0 Å². The summed E-state index contributed by atoms with van der Waals surface area (Å²) in [5.74, 6) is -3.04. The number of guanidine groups is 1. The first-order valence-corrected chi connectivity index (χ1v) is 14.0. The third-order valence-corrected chi connectivity index (χ3v) is 6.27. The first-order chi connectivity index (χ1) is 20.0. The van der Waals surface area contributed by atoms with Gasteiger partial charge in [-0.05, 0) is 68.8 Å². The Morgan fingerprint density at radius 2 is 1.36 bits per heavy atom. The average molecular weight is 588 g/mol. The number of carbonyl (C=O) groups is 5. The lowest BCUT2D eigenvalue weighted by molar-refractivity contribution is -0.132. The Labute approximate surface area is 246 Å². The van der Waals surface area contributed by atoms with Crippen LogP contribution in [0.15, 0.2) is 35.3 Å². The van der Waals surface area contributed by atoms with Crippen LogP contribution in [0.5, 0.6) is 0 Å². The van der Waals surface area contributed by atoms with E-state index in [1.807, 2.05) is 6.92 Å². The van der Waals surface area contributed by atoms with Gasteiger partial charge in [-0.2, -0.15) is 0 Å². The minimum atomic E-state index is -1.03. The molecule has 1 rings (SSSR count). The summed E-state index contributed by atoms with van der Waals surface area (Å²) in [4.78, 5) is 66.4. The van der Waals surface area contributed by atoms with E-state index in [0.29, 0.717) is 44.2 Å². The highest BCUT2D eigenvalue weighted by Gasteiger charge is 2.29. The fraction of sp³-hybridized carbons (Fsp3) is 0.500. The van der Waals surface area contributed by atoms with Gasteiger partial charge in [0.15, 0.2) is 5.96 Å². The summed E-state index contributed by atoms with van der Waals surface area (Å²) in [7, 11) is 0. The summed E-state index contributed by atoms with van der Waals surface area (Å²) in [5.41, 5.74) is 27.9. The van der Waals surface area contributed by atoms with Crippen LogP contribution in [-0.2, 0) is 19.2 Å². The lowest BCUT2D eigenvalue weighted by atomic mass is 10.0. The molecule has 42 heavy (non-hydrogen) atoms. The topological polar surface area (TPSA) is 264 Å². The van der Waals surface area contributed by atoms with Crippen molar-refractivity contribution in [2.75, 3.05) is 13.1 Å². The molecule has 0 saturated carbocycles. The van der Waals surface area contributed by atoms with E-state index in [1.165, 1.54) is 24.3 Å². The van der Waals surface area contributed by atoms with E-state index >= 15 is 0 Å². The van der Waals surface area contributed by atoms with Crippen LogP contribution >= 0.6 is 0 Å². The molecule has 0 radical (unpaired) electrons. The SMILES string of the molecule is CCCC[C@H](NC(=O)[C@H](CCCCN)NC(=O)[C@H](CCCN=C(N)N)NC(=O)c1ccc(/C=C/C(N)=O)cc1)C(N)=O. The second-order valence-corrected chi connectivity index (χ2v) is 9.78. The molecular weight excluding hydrogens is 542 g/mol. The average Bonchev–Trinajstić information content (AvgIpc) is 2.94. The smallest absolute Gasteiger partial charge is 0.251 e. The van der Waals surface area contributed by atoms with Gasteiger partial charge in [0.1, 0.15) is 18.1 Å². The lowest BCUT2D eigenvalue weighted by Crippen LogP contribution is -2.56. The van der Waals surface area contributed by atoms with E-state index in [-0.39, 0.29) is 30.9 Å². The van der Waals surface area contributed by atoms with Gasteiger partial charge in [-0.15, -0.1) is 0 Å². The number of primary amides is 2. The van der Waals surface area contributed by atoms with Crippen molar-refractivity contribution in [3.63, 3.8) is 0 Å². The van der Waals surface area contributed by atoms with Crippen LogP contribution in [0.3, 0.4) is 0 Å². The van der Waals surface area contributed by atoms with Crippen molar-refractivity contribution in [3.05, 3.63) is 41.5 Å². The van der Waals surface area contributed by atoms with Gasteiger partial charge in [0.05, 0.1) is 0 Å². The van der Waals surface area contributed by atoms with Crippen LogP contribution in [0.1, 0.15) is 74.2 Å². The van der Waals surface area contributed by atoms with Gasteiger partial charge in [0.25, 0.3) is 5.91 Å². The summed E-state index contributed by atoms with van der Waals surface area (Å²) >= 11 is 0. The maximum atomic E-state index is 13.4. The van der Waals surface area contributed by atoms with Crippen molar-refractivity contribution in [1.82, 2.24) is 16.0 Å². The molecule has 0 aliphatic rings. The first-order valence-electron chi connectivity index (χ1n) is 14.0. The molecule has 0 unspecified atom stereocenters. The first kappa shape index (κ1) is 35.6. The molecular formula is C28H45N9O5. The van der Waals surface area contributed by atoms with Crippen molar-refractivity contribution < 1.29 is 24.0 Å². The number of aliphatic imine (C=N–C) groups is 1. The fourth-order valence-corrected chi connectivity index (χ4v) is 3.94. The number of hydrogen-bond acceptors (Lipinski definition) is 7. The highest BCUT2D eigenvalue weighted by molar-refractivity contribution is 5.99. The Morgan fingerprint density at radius 1 is 0.786 bits per heavy atom. The molecule has 1 aromatic rings. The van der Waals surface area contributed by atoms with Gasteiger partial charge in [-0.25, -0.2) is 0 Å². The predicted molar refractivity (Wildman–Crippen MR) is 161 cm³/mol. The zero-order valence-electron chi connectivity index (χ0n) is 24.1. The number of rotatable bonds is 20. The summed E-state index contributed by atoms with van der Waals surface area (Å²) in [5, 5.41) is 8.08. The normalized spacial score (nSPS) is 13.0. The number of carbonyl (C=O) groups excluding carboxylic acids is 5. The second kappa shape index (κ2) is 19.6. The van der Waals surface area contributed by atoms with E-state index in [1.54, 1.807) is 12.1 Å². The van der Waals surface area contributed by atoms with Gasteiger partial charge in [0, 0.05) is 18.2 Å². The molecule has 14 nitrogen and oxygen atoms in total. The van der Waals surface area contributed by atoms with E-state index in [4.69, 9.17) is 28.7 Å². The monoisotopic (exact) mass is 587 g/mol. The molecule has 0 saturated heterocycles. The predicted octanol–water partition coefficient (Wildman–Crippen LogP) is -0.889. The highest BCUT2D eigenvalue weighted by Crippen LogP contribution is 2.10. The van der Waals surface area contributed by atoms with Crippen LogP contribution < -0.4 is 44.6 Å². The summed E-state index contributed by atoms with van der Waals surface area (Å²) in [6.45, 7) is 2.58. The van der Waals surface area contributed by atoms with E-state index < -0.39 is 47.7 Å². The van der Waals surface area contributed by atoms with Gasteiger partial charge < -0.3 is 44.6 Å². The number of unbranched alkanes of at least 4 members (excludes halogenated alkanes) is 2. The Bertz CT molecular complexity index is 1100. The van der Waals surface area contributed by atoms with Crippen molar-refractivity contribution in [2.24, 2.45) is 33.7 Å². The van der Waals surface area contributed by atoms with Crippen LogP contribution in [0, 0.1) is 0 Å². The molecule has 0 aliphatic heterocycles. The molecule has 0 aromatic heterocycles. The molecule has 1 aromatic carbocycles. The van der Waals surface area contributed by atoms with Crippen LogP contribution in [0.25, 0.3) is 6.08 Å². The zero-order valence-corrected chi connectivity index (χ0v) is 24.1. The molecule has 3 atom stereocenters. The molecule has 0 aliphatic carbocycles. The molecule has 14 heteroatoms. The molecule has 0 bridgehead atoms. The zero-order chi connectivity index (χ0) is 31.5. The third kappa shape index (κ3) is 14.3. The number of amides is 5. The molecule has 0 fully saturated rings. The van der Waals surface area contributed by atoms with Gasteiger partial charge in [-0.1, -0.05) is 31.9 Å². The number of hydrogen-bond donors (Lipinski definition) is 8. The Morgan fingerprint density at radius 3 is 1.90 bits per heavy atom. The van der Waals surface area contributed by atoms with E-state index in [0.717, 1.165) is 6.42 Å². The van der Waals surface area contributed by atoms with Crippen LogP contribution in [0.2, 0.25) is 0 Å². The van der Waals surface area contributed by atoms with Crippen molar-refractivity contribution in [1.29, 1.82) is 0 Å². The quantitative estimate of drug-likeness (QED) is 0.0409. The van der Waals surface area contributed by atoms with Gasteiger partial charge >= 0.3 is 0 Å². The minimum absolute atomic E-state index is 0.103. The molecule has 5 amide bonds. The Hall–Kier alpha value is -4.46. The van der Waals surface area contributed by atoms with Gasteiger partial charge in [0.2, 0.25) is 23.6 Å². The summed E-state index contributed by atoms with van der Waals surface area (Å²) in [6.07, 6.45) is 6.54. The summed E-state index contributed by atoms with van der Waals surface area (Å²) < 4.78 is 0. The highest BCUT2D eigenvalue weighted by atomic mass is 16.2. The number of nitrogens with one attached hydrogen (secondary N) is 3. The van der Waals surface area contributed by atoms with Crippen molar-refractivity contribution in [3.8, 4) is 0 Å². The second-order valence-electron chi connectivity index (χ2n) is 9.78. The molecule has 0 heterocycles. The molecule has 0 spiro atoms. The number of nitrogens with two attached hydrogens (primary N) is 5. The molecule has 232 valence electrons. The fourth-order valence-electron chi connectivity index (χ4n) is 3.94. The standard InChI is InChI=1S/C28H45N9O5/c1-2-3-7-20(24(31)39)35-26(41)21(8-4-5-16-29)37-27(42)22(9-6-17-34-28(32)33)36-25(40)19-13-10-18(11-14-19)12-15-23(30)38/h10-15,20-22H,2-9,16-17,29H2,1H3,(H2,30,38)(H2,31,39)(H,35,41)(H,36,40)(H,37,42)(H4,32,33,34)/b15-12+/t20-,21-,22-/m0/s1. The number of nitrogens with zero attached hydrogens (tertiary/aromatic N) is 1. The van der Waals surface area contributed by atoms with Crippen LogP contribution in [0.4, 0.5) is 0 Å². The Balaban J connectivity index is 3.11. The largest absolute Gasteiger partial charge is 0.370 e. The summed E-state index contributed by atoms with van der Waals surface area (Å²) in [6, 6.07) is 3.42. The van der Waals surface area contributed by atoms with E-state index in [2.05, 4.69) is 20.9 Å². The van der Waals surface area contributed by atoms with Crippen LogP contribution in [-0.4, -0.2) is 66.7 Å². The lowest BCUT2D eigenvalue weighted by Gasteiger charge is -2.25. The minimum Gasteiger partial charge on any atom is -0.370 e. The molecule has 13 N–H and O–H groups in total. The third-order valence-electron chi connectivity index (χ3n) is 6.27. The Kier molecular flexibility index (Phi) is 16.6. The van der Waals surface area contributed by atoms with Crippen molar-refractivity contribution in [2.45, 2.75) is 76.4 Å².